The molecule has 1 aliphatic heterocycles. The fourth-order valence-electron chi connectivity index (χ4n) is 2.55. The lowest BCUT2D eigenvalue weighted by Crippen LogP contribution is -2.35. The van der Waals surface area contributed by atoms with Crippen molar-refractivity contribution in [1.29, 1.82) is 0 Å². The molecule has 1 N–H and O–H groups in total. The molecule has 1 aromatic heterocycles. The molecule has 0 unspecified atom stereocenters. The van der Waals surface area contributed by atoms with Gasteiger partial charge in [0.1, 0.15) is 0 Å². The normalized spacial score (nSPS) is 22.8. The third-order valence-corrected chi connectivity index (χ3v) is 4.00. The van der Waals surface area contributed by atoms with Gasteiger partial charge in [0.2, 0.25) is 0 Å². The first-order chi connectivity index (χ1) is 8.76. The van der Waals surface area contributed by atoms with Crippen LogP contribution in [0.25, 0.3) is 0 Å². The lowest BCUT2D eigenvalue weighted by molar-refractivity contribution is -0.147. The number of aryl methyl sites for hydroxylation is 2. The highest BCUT2D eigenvalue weighted by atomic mass is 16.4. The van der Waals surface area contributed by atoms with Gasteiger partial charge in [-0.15, -0.1) is 0 Å². The Labute approximate surface area is 112 Å². The summed E-state index contributed by atoms with van der Waals surface area (Å²) in [7, 11) is 1.80. The molecule has 0 radical (unpaired) electrons. The van der Waals surface area contributed by atoms with E-state index in [1.807, 2.05) is 6.92 Å². The number of aromatic nitrogens is 2. The van der Waals surface area contributed by atoms with E-state index in [4.69, 9.17) is 0 Å². The third-order valence-electron chi connectivity index (χ3n) is 4.00. The number of hydrogen-bond acceptors (Lipinski definition) is 3. The maximum absolute atomic E-state index is 12.5. The topological polar surface area (TPSA) is 75.4 Å². The lowest BCUT2D eigenvalue weighted by atomic mass is 9.90. The number of carbonyl (C=O) groups excluding carboxylic acids is 1. The summed E-state index contributed by atoms with van der Waals surface area (Å²) in [4.78, 5) is 25.3. The number of carbonyl (C=O) groups is 2. The van der Waals surface area contributed by atoms with E-state index in [0.29, 0.717) is 24.2 Å². The number of rotatable bonds is 2. The number of likely N-dealkylation sites (tertiary alicyclic amines) is 1. The number of aliphatic carboxylic acids is 1. The number of carboxylic acids is 1. The summed E-state index contributed by atoms with van der Waals surface area (Å²) in [5.74, 6) is -0.962. The van der Waals surface area contributed by atoms with E-state index in [9.17, 15) is 14.7 Å². The van der Waals surface area contributed by atoms with Crippen LogP contribution in [0.4, 0.5) is 0 Å². The molecule has 1 amide bonds. The zero-order chi connectivity index (χ0) is 14.4. The second kappa shape index (κ2) is 4.36. The minimum absolute atomic E-state index is 0.118. The largest absolute Gasteiger partial charge is 0.481 e. The van der Waals surface area contributed by atoms with Gasteiger partial charge in [0.15, 0.2) is 0 Å². The van der Waals surface area contributed by atoms with E-state index >= 15 is 0 Å². The highest BCUT2D eigenvalue weighted by molar-refractivity contribution is 5.97. The Morgan fingerprint density at radius 1 is 1.37 bits per heavy atom. The van der Waals surface area contributed by atoms with Crippen molar-refractivity contribution in [3.05, 3.63) is 17.0 Å². The monoisotopic (exact) mass is 265 g/mol. The molecule has 1 aliphatic rings. The molecule has 6 heteroatoms. The van der Waals surface area contributed by atoms with Gasteiger partial charge in [0.25, 0.3) is 5.91 Å². The summed E-state index contributed by atoms with van der Waals surface area (Å²) in [6, 6.07) is 0. The Morgan fingerprint density at radius 2 is 2.00 bits per heavy atom. The van der Waals surface area contributed by atoms with Crippen LogP contribution in [0, 0.1) is 19.3 Å². The SMILES string of the molecule is Cc1nn(C)c(C)c1C(=O)N1CC[C@](C)(C(=O)O)C1. The first kappa shape index (κ1) is 13.6. The Kier molecular flexibility index (Phi) is 3.12. The fraction of sp³-hybridized carbons (Fsp3) is 0.615. The van der Waals surface area contributed by atoms with Crippen molar-refractivity contribution in [2.45, 2.75) is 27.2 Å². The van der Waals surface area contributed by atoms with E-state index in [-0.39, 0.29) is 12.5 Å². The highest BCUT2D eigenvalue weighted by Gasteiger charge is 2.42. The van der Waals surface area contributed by atoms with E-state index in [0.717, 1.165) is 5.69 Å². The van der Waals surface area contributed by atoms with Crippen LogP contribution in [0.5, 0.6) is 0 Å². The van der Waals surface area contributed by atoms with Crippen LogP contribution in [0.1, 0.15) is 35.1 Å². The van der Waals surface area contributed by atoms with Gasteiger partial charge in [-0.2, -0.15) is 5.10 Å². The van der Waals surface area contributed by atoms with Crippen molar-refractivity contribution < 1.29 is 14.7 Å². The van der Waals surface area contributed by atoms with Gasteiger partial charge in [-0.3, -0.25) is 14.3 Å². The van der Waals surface area contributed by atoms with Crippen LogP contribution in [0.3, 0.4) is 0 Å². The predicted octanol–water partition coefficient (Wildman–Crippen LogP) is 0.974. The molecule has 0 spiro atoms. The van der Waals surface area contributed by atoms with E-state index < -0.39 is 11.4 Å². The van der Waals surface area contributed by atoms with Crippen molar-refractivity contribution >= 4 is 11.9 Å². The second-order valence-corrected chi connectivity index (χ2v) is 5.51. The molecule has 104 valence electrons. The number of hydrogen-bond donors (Lipinski definition) is 1. The third kappa shape index (κ3) is 2.11. The zero-order valence-electron chi connectivity index (χ0n) is 11.7. The maximum Gasteiger partial charge on any atom is 0.311 e. The number of carboxylic acid groups (broad SMARTS) is 1. The Hall–Kier alpha value is -1.85. The highest BCUT2D eigenvalue weighted by Crippen LogP contribution is 2.31. The summed E-state index contributed by atoms with van der Waals surface area (Å²) in [6.07, 6.45) is 0.492. The molecule has 0 aliphatic carbocycles. The predicted molar refractivity (Wildman–Crippen MR) is 68.9 cm³/mol. The van der Waals surface area contributed by atoms with Crippen LogP contribution in [0.2, 0.25) is 0 Å². The van der Waals surface area contributed by atoms with Crippen molar-refractivity contribution in [1.82, 2.24) is 14.7 Å². The van der Waals surface area contributed by atoms with E-state index in [2.05, 4.69) is 5.10 Å². The van der Waals surface area contributed by atoms with Gasteiger partial charge in [0, 0.05) is 25.8 Å². The first-order valence-corrected chi connectivity index (χ1v) is 6.29. The van der Waals surface area contributed by atoms with Gasteiger partial charge in [-0.05, 0) is 27.2 Å². The standard InChI is InChI=1S/C13H19N3O3/c1-8-10(9(2)15(4)14-8)11(17)16-6-5-13(3,7-16)12(18)19/h5-7H2,1-4H3,(H,18,19)/t13-/m0/s1. The zero-order valence-corrected chi connectivity index (χ0v) is 11.7. The summed E-state index contributed by atoms with van der Waals surface area (Å²) < 4.78 is 1.68. The molecule has 19 heavy (non-hydrogen) atoms. The van der Waals surface area contributed by atoms with Crippen LogP contribution in [-0.2, 0) is 11.8 Å². The smallest absolute Gasteiger partial charge is 0.311 e. The first-order valence-electron chi connectivity index (χ1n) is 6.29. The van der Waals surface area contributed by atoms with Crippen LogP contribution < -0.4 is 0 Å². The molecule has 1 aromatic rings. The van der Waals surface area contributed by atoms with Crippen molar-refractivity contribution in [2.24, 2.45) is 12.5 Å². The van der Waals surface area contributed by atoms with Gasteiger partial charge >= 0.3 is 5.97 Å². The van der Waals surface area contributed by atoms with Crippen molar-refractivity contribution in [2.75, 3.05) is 13.1 Å². The minimum Gasteiger partial charge on any atom is -0.481 e. The average Bonchev–Trinajstić information content (AvgIpc) is 2.83. The summed E-state index contributed by atoms with van der Waals surface area (Å²) in [5, 5.41) is 13.4. The maximum atomic E-state index is 12.5. The van der Waals surface area contributed by atoms with Gasteiger partial charge < -0.3 is 10.0 Å². The molecule has 2 heterocycles. The molecule has 1 atom stereocenters. The van der Waals surface area contributed by atoms with Crippen LogP contribution in [0.15, 0.2) is 0 Å². The van der Waals surface area contributed by atoms with Gasteiger partial charge in [-0.25, -0.2) is 0 Å². The molecule has 1 fully saturated rings. The summed E-state index contributed by atoms with van der Waals surface area (Å²) >= 11 is 0. The number of nitrogens with zero attached hydrogens (tertiary/aromatic N) is 3. The fourth-order valence-corrected chi connectivity index (χ4v) is 2.55. The molecule has 2 rings (SSSR count). The second-order valence-electron chi connectivity index (χ2n) is 5.51. The summed E-state index contributed by atoms with van der Waals surface area (Å²) in [6.45, 7) is 6.07. The summed E-state index contributed by atoms with van der Waals surface area (Å²) in [5.41, 5.74) is 1.26. The molecular weight excluding hydrogens is 246 g/mol. The van der Waals surface area contributed by atoms with Crippen LogP contribution in [-0.4, -0.2) is 44.8 Å². The quantitative estimate of drug-likeness (QED) is 0.864. The molecule has 0 saturated carbocycles. The Bertz CT molecular complexity index is 550. The molecule has 6 nitrogen and oxygen atoms in total. The average molecular weight is 265 g/mol. The molecule has 1 saturated heterocycles. The molecular formula is C13H19N3O3. The van der Waals surface area contributed by atoms with Gasteiger partial charge in [-0.1, -0.05) is 0 Å². The molecule has 0 bridgehead atoms. The van der Waals surface area contributed by atoms with E-state index in [1.165, 1.54) is 0 Å². The van der Waals surface area contributed by atoms with Crippen molar-refractivity contribution in [3.63, 3.8) is 0 Å². The molecule has 0 aromatic carbocycles. The van der Waals surface area contributed by atoms with Gasteiger partial charge in [0.05, 0.1) is 16.7 Å². The lowest BCUT2D eigenvalue weighted by Gasteiger charge is -2.20. The van der Waals surface area contributed by atoms with Crippen molar-refractivity contribution in [3.8, 4) is 0 Å². The van der Waals surface area contributed by atoms with Crippen LogP contribution >= 0.6 is 0 Å². The Morgan fingerprint density at radius 3 is 2.42 bits per heavy atom. The Balaban J connectivity index is 2.25. The van der Waals surface area contributed by atoms with E-state index in [1.54, 1.807) is 30.5 Å². The minimum atomic E-state index is -0.845. The number of amides is 1.